The van der Waals surface area contributed by atoms with Crippen molar-refractivity contribution >= 4 is 61.8 Å². The number of para-hydroxylation sites is 1. The van der Waals surface area contributed by atoms with E-state index in [1.165, 1.54) is 0 Å². The third-order valence-electron chi connectivity index (χ3n) is 2.97. The van der Waals surface area contributed by atoms with Gasteiger partial charge in [0.2, 0.25) is 0 Å². The molecule has 20 heavy (non-hydrogen) atoms. The summed E-state index contributed by atoms with van der Waals surface area (Å²) < 4.78 is 2.86. The van der Waals surface area contributed by atoms with Crippen LogP contribution in [0.25, 0.3) is 16.7 Å². The number of hydrogen-bond donors (Lipinski definition) is 0. The molecule has 0 radical (unpaired) electrons. The van der Waals surface area contributed by atoms with E-state index in [4.69, 9.17) is 34.8 Å². The summed E-state index contributed by atoms with van der Waals surface area (Å²) in [6.07, 6.45) is 0. The van der Waals surface area contributed by atoms with Crippen LogP contribution in [0.2, 0.25) is 10.0 Å². The van der Waals surface area contributed by atoms with Crippen molar-refractivity contribution in [2.75, 3.05) is 0 Å². The standard InChI is InChI=1S/C14H8BrCl3N2/c15-8-4-5-12-11(6-8)19-13(7-16)20(12)14-9(17)2-1-3-10(14)18/h1-6H,7H2. The minimum absolute atomic E-state index is 0.272. The highest BCUT2D eigenvalue weighted by Crippen LogP contribution is 2.33. The second kappa shape index (κ2) is 5.57. The largest absolute Gasteiger partial charge is 0.292 e. The maximum atomic E-state index is 6.30. The molecule has 0 saturated heterocycles. The number of hydrogen-bond acceptors (Lipinski definition) is 1. The number of fused-ring (bicyclic) bond motifs is 1. The van der Waals surface area contributed by atoms with Gasteiger partial charge in [0.25, 0.3) is 0 Å². The first-order chi connectivity index (χ1) is 9.61. The molecule has 2 nitrogen and oxygen atoms in total. The van der Waals surface area contributed by atoms with Gasteiger partial charge in [0.05, 0.1) is 32.6 Å². The van der Waals surface area contributed by atoms with Crippen molar-refractivity contribution in [1.82, 2.24) is 9.55 Å². The summed E-state index contributed by atoms with van der Waals surface area (Å²) in [6, 6.07) is 11.2. The predicted octanol–water partition coefficient (Wildman–Crippen LogP) is 5.83. The molecule has 102 valence electrons. The molecule has 3 rings (SSSR count). The number of rotatable bonds is 2. The zero-order valence-electron chi connectivity index (χ0n) is 10.1. The molecule has 6 heteroatoms. The van der Waals surface area contributed by atoms with Gasteiger partial charge in [-0.15, -0.1) is 11.6 Å². The molecule has 0 N–H and O–H groups in total. The van der Waals surface area contributed by atoms with Gasteiger partial charge in [-0.25, -0.2) is 4.98 Å². The number of alkyl halides is 1. The van der Waals surface area contributed by atoms with E-state index in [0.717, 1.165) is 15.5 Å². The molecule has 0 fully saturated rings. The van der Waals surface area contributed by atoms with E-state index in [2.05, 4.69) is 20.9 Å². The van der Waals surface area contributed by atoms with Crippen LogP contribution in [0.15, 0.2) is 40.9 Å². The summed E-state index contributed by atoms with van der Waals surface area (Å²) in [7, 11) is 0. The smallest absolute Gasteiger partial charge is 0.129 e. The zero-order chi connectivity index (χ0) is 14.3. The first kappa shape index (κ1) is 14.2. The van der Waals surface area contributed by atoms with E-state index < -0.39 is 0 Å². The lowest BCUT2D eigenvalue weighted by atomic mass is 10.2. The number of aromatic nitrogens is 2. The summed E-state index contributed by atoms with van der Waals surface area (Å²) in [5, 5.41) is 1.12. The zero-order valence-corrected chi connectivity index (χ0v) is 13.9. The molecule has 0 aliphatic heterocycles. The Hall–Kier alpha value is -0.740. The molecular formula is C14H8BrCl3N2. The maximum Gasteiger partial charge on any atom is 0.129 e. The van der Waals surface area contributed by atoms with Gasteiger partial charge in [0.1, 0.15) is 5.82 Å². The average molecular weight is 390 g/mol. The third-order valence-corrected chi connectivity index (χ3v) is 4.31. The molecule has 0 aliphatic carbocycles. The number of benzene rings is 2. The van der Waals surface area contributed by atoms with Crippen LogP contribution in [-0.4, -0.2) is 9.55 Å². The van der Waals surface area contributed by atoms with Crippen molar-refractivity contribution in [3.63, 3.8) is 0 Å². The summed E-state index contributed by atoms with van der Waals surface area (Å²) in [5.41, 5.74) is 2.46. The third kappa shape index (κ3) is 2.33. The van der Waals surface area contributed by atoms with E-state index in [9.17, 15) is 0 Å². The Labute approximate surface area is 139 Å². The molecule has 0 saturated carbocycles. The second-order valence-corrected chi connectivity index (χ2v) is 6.20. The Bertz CT molecular complexity index is 778. The van der Waals surface area contributed by atoms with Crippen LogP contribution >= 0.6 is 50.7 Å². The lowest BCUT2D eigenvalue weighted by Crippen LogP contribution is -2.01. The van der Waals surface area contributed by atoms with Crippen molar-refractivity contribution in [1.29, 1.82) is 0 Å². The minimum Gasteiger partial charge on any atom is -0.292 e. The molecule has 0 spiro atoms. The number of nitrogens with zero attached hydrogens (tertiary/aromatic N) is 2. The van der Waals surface area contributed by atoms with Crippen LogP contribution < -0.4 is 0 Å². The van der Waals surface area contributed by atoms with Crippen LogP contribution in [0, 0.1) is 0 Å². The van der Waals surface area contributed by atoms with E-state index in [1.54, 1.807) is 12.1 Å². The Morgan fingerprint density at radius 3 is 2.45 bits per heavy atom. The Kier molecular flexibility index (Phi) is 3.95. The summed E-state index contributed by atoms with van der Waals surface area (Å²) in [5.74, 6) is 0.975. The van der Waals surface area contributed by atoms with Gasteiger partial charge < -0.3 is 0 Å². The molecule has 0 aliphatic rings. The number of halogens is 4. The highest BCUT2D eigenvalue weighted by atomic mass is 79.9. The van der Waals surface area contributed by atoms with Crippen LogP contribution in [0.5, 0.6) is 0 Å². The fourth-order valence-corrected chi connectivity index (χ4v) is 3.24. The quantitative estimate of drug-likeness (QED) is 0.503. The van der Waals surface area contributed by atoms with Gasteiger partial charge in [0.15, 0.2) is 0 Å². The van der Waals surface area contributed by atoms with E-state index >= 15 is 0 Å². The molecule has 1 heterocycles. The molecule has 2 aromatic carbocycles. The second-order valence-electron chi connectivity index (χ2n) is 4.20. The molecular weight excluding hydrogens is 382 g/mol. The van der Waals surface area contributed by atoms with E-state index in [-0.39, 0.29) is 5.88 Å². The van der Waals surface area contributed by atoms with Crippen molar-refractivity contribution in [2.24, 2.45) is 0 Å². The van der Waals surface area contributed by atoms with Crippen LogP contribution in [0.4, 0.5) is 0 Å². The van der Waals surface area contributed by atoms with E-state index in [1.807, 2.05) is 28.8 Å². The highest BCUT2D eigenvalue weighted by molar-refractivity contribution is 9.10. The van der Waals surface area contributed by atoms with Gasteiger partial charge in [-0.05, 0) is 30.3 Å². The molecule has 0 unspecified atom stereocenters. The van der Waals surface area contributed by atoms with Crippen molar-refractivity contribution < 1.29 is 0 Å². The van der Waals surface area contributed by atoms with Gasteiger partial charge in [-0.1, -0.05) is 45.2 Å². The molecule has 0 amide bonds. The maximum absolute atomic E-state index is 6.30. The van der Waals surface area contributed by atoms with Crippen molar-refractivity contribution in [3.8, 4) is 5.69 Å². The SMILES string of the molecule is ClCc1nc2cc(Br)ccc2n1-c1c(Cl)cccc1Cl. The van der Waals surface area contributed by atoms with Crippen LogP contribution in [0.1, 0.15) is 5.82 Å². The fraction of sp³-hybridized carbons (Fsp3) is 0.0714. The fourth-order valence-electron chi connectivity index (χ4n) is 2.15. The van der Waals surface area contributed by atoms with Gasteiger partial charge in [0, 0.05) is 4.47 Å². The number of imidazole rings is 1. The lowest BCUT2D eigenvalue weighted by Gasteiger charge is -2.11. The van der Waals surface area contributed by atoms with Gasteiger partial charge in [-0.3, -0.25) is 4.57 Å². The van der Waals surface area contributed by atoms with Crippen molar-refractivity contribution in [2.45, 2.75) is 5.88 Å². The van der Waals surface area contributed by atoms with E-state index in [0.29, 0.717) is 21.6 Å². The summed E-state index contributed by atoms with van der Waals surface area (Å²) >= 11 is 22.0. The van der Waals surface area contributed by atoms with Crippen molar-refractivity contribution in [3.05, 3.63) is 56.7 Å². The Balaban J connectivity index is 2.40. The van der Waals surface area contributed by atoms with Crippen LogP contribution in [-0.2, 0) is 5.88 Å². The first-order valence-corrected chi connectivity index (χ1v) is 7.87. The molecule has 1 aromatic heterocycles. The average Bonchev–Trinajstić information content (AvgIpc) is 2.76. The predicted molar refractivity (Wildman–Crippen MR) is 88.3 cm³/mol. The minimum atomic E-state index is 0.272. The normalized spacial score (nSPS) is 11.2. The highest BCUT2D eigenvalue weighted by Gasteiger charge is 2.16. The summed E-state index contributed by atoms with van der Waals surface area (Å²) in [6.45, 7) is 0. The Morgan fingerprint density at radius 2 is 1.80 bits per heavy atom. The summed E-state index contributed by atoms with van der Waals surface area (Å²) in [4.78, 5) is 4.53. The molecule has 0 bridgehead atoms. The van der Waals surface area contributed by atoms with Crippen LogP contribution in [0.3, 0.4) is 0 Å². The first-order valence-electron chi connectivity index (χ1n) is 5.79. The Morgan fingerprint density at radius 1 is 1.10 bits per heavy atom. The molecule has 0 atom stereocenters. The molecule has 3 aromatic rings. The lowest BCUT2D eigenvalue weighted by molar-refractivity contribution is 0.982. The topological polar surface area (TPSA) is 17.8 Å². The monoisotopic (exact) mass is 388 g/mol. The van der Waals surface area contributed by atoms with Gasteiger partial charge in [-0.2, -0.15) is 0 Å². The van der Waals surface area contributed by atoms with Gasteiger partial charge >= 0.3 is 0 Å².